The van der Waals surface area contributed by atoms with Crippen LogP contribution in [-0.4, -0.2) is 19.3 Å². The number of benzene rings is 1. The van der Waals surface area contributed by atoms with E-state index in [1.54, 1.807) is 0 Å². The average molecular weight is 263 g/mol. The SMILES string of the molecule is COC(=O)C1=C(SC)Nc2ccc(C)cc2C1C. The number of rotatable bonds is 2. The van der Waals surface area contributed by atoms with Crippen molar-refractivity contribution >= 4 is 23.4 Å². The smallest absolute Gasteiger partial charge is 0.337 e. The van der Waals surface area contributed by atoms with Crippen molar-refractivity contribution < 1.29 is 9.53 Å². The molecule has 0 fully saturated rings. The Kier molecular flexibility index (Phi) is 3.66. The predicted molar refractivity (Wildman–Crippen MR) is 75.8 cm³/mol. The number of nitrogens with one attached hydrogen (secondary N) is 1. The molecule has 0 amide bonds. The van der Waals surface area contributed by atoms with E-state index < -0.39 is 0 Å². The third-order valence-corrected chi connectivity index (χ3v) is 3.94. The van der Waals surface area contributed by atoms with Crippen LogP contribution in [-0.2, 0) is 9.53 Å². The molecule has 18 heavy (non-hydrogen) atoms. The summed E-state index contributed by atoms with van der Waals surface area (Å²) in [4.78, 5) is 11.9. The van der Waals surface area contributed by atoms with Crippen LogP contribution in [0.15, 0.2) is 28.8 Å². The van der Waals surface area contributed by atoms with Gasteiger partial charge in [-0.25, -0.2) is 4.79 Å². The van der Waals surface area contributed by atoms with Crippen molar-refractivity contribution in [3.8, 4) is 0 Å². The molecule has 0 aromatic heterocycles. The summed E-state index contributed by atoms with van der Waals surface area (Å²) in [7, 11) is 1.42. The first kappa shape index (κ1) is 13.0. The van der Waals surface area contributed by atoms with Crippen LogP contribution in [0, 0.1) is 6.92 Å². The molecular weight excluding hydrogens is 246 g/mol. The first-order valence-corrected chi connectivity index (χ1v) is 7.05. The van der Waals surface area contributed by atoms with Crippen LogP contribution in [0.2, 0.25) is 0 Å². The van der Waals surface area contributed by atoms with Crippen LogP contribution in [0.5, 0.6) is 0 Å². The molecule has 0 saturated heterocycles. The Balaban J connectivity index is 2.52. The number of hydrogen-bond donors (Lipinski definition) is 1. The van der Waals surface area contributed by atoms with Gasteiger partial charge in [-0.3, -0.25) is 0 Å². The molecule has 1 aromatic carbocycles. The Morgan fingerprint density at radius 1 is 1.44 bits per heavy atom. The van der Waals surface area contributed by atoms with Crippen LogP contribution >= 0.6 is 11.8 Å². The fourth-order valence-corrected chi connectivity index (χ4v) is 2.93. The Morgan fingerprint density at radius 3 is 2.78 bits per heavy atom. The summed E-state index contributed by atoms with van der Waals surface area (Å²) < 4.78 is 4.89. The second-order valence-electron chi connectivity index (χ2n) is 4.38. The van der Waals surface area contributed by atoms with Gasteiger partial charge in [-0.1, -0.05) is 24.6 Å². The highest BCUT2D eigenvalue weighted by Gasteiger charge is 2.29. The van der Waals surface area contributed by atoms with Crippen molar-refractivity contribution in [3.05, 3.63) is 39.9 Å². The molecule has 2 rings (SSSR count). The number of fused-ring (bicyclic) bond motifs is 1. The zero-order valence-electron chi connectivity index (χ0n) is 11.0. The lowest BCUT2D eigenvalue weighted by molar-refractivity contribution is -0.136. The van der Waals surface area contributed by atoms with E-state index in [1.807, 2.05) is 13.2 Å². The van der Waals surface area contributed by atoms with Crippen molar-refractivity contribution in [1.82, 2.24) is 0 Å². The van der Waals surface area contributed by atoms with Crippen LogP contribution in [0.1, 0.15) is 24.0 Å². The molecular formula is C14H17NO2S. The van der Waals surface area contributed by atoms with E-state index in [4.69, 9.17) is 4.74 Å². The number of anilines is 1. The van der Waals surface area contributed by atoms with Gasteiger partial charge >= 0.3 is 5.97 Å². The largest absolute Gasteiger partial charge is 0.466 e. The van der Waals surface area contributed by atoms with Crippen molar-refractivity contribution in [2.24, 2.45) is 0 Å². The first-order chi connectivity index (χ1) is 8.58. The first-order valence-electron chi connectivity index (χ1n) is 5.82. The van der Waals surface area contributed by atoms with E-state index in [9.17, 15) is 4.79 Å². The lowest BCUT2D eigenvalue weighted by Crippen LogP contribution is -2.21. The lowest BCUT2D eigenvalue weighted by Gasteiger charge is -2.28. The van der Waals surface area contributed by atoms with E-state index in [2.05, 4.69) is 30.4 Å². The third-order valence-electron chi connectivity index (χ3n) is 3.21. The van der Waals surface area contributed by atoms with Gasteiger partial charge in [0, 0.05) is 11.6 Å². The number of ether oxygens (including phenoxy) is 1. The minimum atomic E-state index is -0.258. The third kappa shape index (κ3) is 2.12. The van der Waals surface area contributed by atoms with Crippen molar-refractivity contribution in [2.45, 2.75) is 19.8 Å². The molecule has 0 aliphatic carbocycles. The summed E-state index contributed by atoms with van der Waals surface area (Å²) in [5.41, 5.74) is 4.13. The van der Waals surface area contributed by atoms with E-state index in [0.29, 0.717) is 5.57 Å². The molecule has 0 saturated carbocycles. The number of thioether (sulfide) groups is 1. The molecule has 3 nitrogen and oxygen atoms in total. The maximum absolute atomic E-state index is 11.9. The number of hydrogen-bond acceptors (Lipinski definition) is 4. The molecule has 4 heteroatoms. The van der Waals surface area contributed by atoms with Gasteiger partial charge in [-0.15, -0.1) is 11.8 Å². The molecule has 1 heterocycles. The van der Waals surface area contributed by atoms with Gasteiger partial charge in [0.2, 0.25) is 0 Å². The standard InChI is InChI=1S/C14H17NO2S/c1-8-5-6-11-10(7-8)9(2)12(14(16)17-3)13(15-11)18-4/h5-7,9,15H,1-4H3. The van der Waals surface area contributed by atoms with E-state index in [-0.39, 0.29) is 11.9 Å². The number of aryl methyl sites for hydroxylation is 1. The fraction of sp³-hybridized carbons (Fsp3) is 0.357. The van der Waals surface area contributed by atoms with Crippen LogP contribution < -0.4 is 5.32 Å². The number of carbonyl (C=O) groups is 1. The van der Waals surface area contributed by atoms with Crippen LogP contribution in [0.25, 0.3) is 0 Å². The van der Waals surface area contributed by atoms with Crippen molar-refractivity contribution in [3.63, 3.8) is 0 Å². The number of esters is 1. The Bertz CT molecular complexity index is 523. The van der Waals surface area contributed by atoms with Crippen molar-refractivity contribution in [1.29, 1.82) is 0 Å². The normalized spacial score (nSPS) is 18.1. The topological polar surface area (TPSA) is 38.3 Å². The van der Waals surface area contributed by atoms with E-state index >= 15 is 0 Å². The molecule has 1 aliphatic heterocycles. The molecule has 0 radical (unpaired) electrons. The molecule has 1 N–H and O–H groups in total. The molecule has 0 bridgehead atoms. The van der Waals surface area contributed by atoms with Gasteiger partial charge in [0.1, 0.15) is 0 Å². The highest BCUT2D eigenvalue weighted by Crippen LogP contribution is 2.40. The fourth-order valence-electron chi connectivity index (χ4n) is 2.24. The van der Waals surface area contributed by atoms with E-state index in [0.717, 1.165) is 16.3 Å². The summed E-state index contributed by atoms with van der Waals surface area (Å²) in [6, 6.07) is 6.25. The summed E-state index contributed by atoms with van der Waals surface area (Å²) in [5.74, 6) is -0.206. The molecule has 1 unspecified atom stereocenters. The molecule has 0 spiro atoms. The lowest BCUT2D eigenvalue weighted by atomic mass is 9.88. The van der Waals surface area contributed by atoms with Gasteiger partial charge in [0.25, 0.3) is 0 Å². The maximum Gasteiger partial charge on any atom is 0.337 e. The van der Waals surface area contributed by atoms with Gasteiger partial charge in [0.05, 0.1) is 17.7 Å². The zero-order chi connectivity index (χ0) is 13.3. The van der Waals surface area contributed by atoms with Crippen LogP contribution in [0.3, 0.4) is 0 Å². The summed E-state index contributed by atoms with van der Waals surface area (Å²) in [5, 5.41) is 4.19. The monoisotopic (exact) mass is 263 g/mol. The minimum Gasteiger partial charge on any atom is -0.466 e. The molecule has 96 valence electrons. The van der Waals surface area contributed by atoms with Crippen LogP contribution in [0.4, 0.5) is 5.69 Å². The second kappa shape index (κ2) is 5.06. The highest BCUT2D eigenvalue weighted by molar-refractivity contribution is 8.02. The number of carbonyl (C=O) groups excluding carboxylic acids is 1. The average Bonchev–Trinajstić information content (AvgIpc) is 2.38. The highest BCUT2D eigenvalue weighted by atomic mass is 32.2. The number of methoxy groups -OCH3 is 1. The Hall–Kier alpha value is -1.42. The Morgan fingerprint density at radius 2 is 2.17 bits per heavy atom. The van der Waals surface area contributed by atoms with Crippen molar-refractivity contribution in [2.75, 3.05) is 18.7 Å². The maximum atomic E-state index is 11.9. The second-order valence-corrected chi connectivity index (χ2v) is 5.19. The van der Waals surface area contributed by atoms with Gasteiger partial charge < -0.3 is 10.1 Å². The summed E-state index contributed by atoms with van der Waals surface area (Å²) in [6.45, 7) is 4.10. The Labute approximate surface area is 112 Å². The molecule has 1 atom stereocenters. The van der Waals surface area contributed by atoms with Gasteiger partial charge in [-0.05, 0) is 24.8 Å². The zero-order valence-corrected chi connectivity index (χ0v) is 11.9. The minimum absolute atomic E-state index is 0.0519. The predicted octanol–water partition coefficient (Wildman–Crippen LogP) is 3.27. The van der Waals surface area contributed by atoms with E-state index in [1.165, 1.54) is 24.4 Å². The quantitative estimate of drug-likeness (QED) is 0.831. The summed E-state index contributed by atoms with van der Waals surface area (Å²) in [6.07, 6.45) is 1.96. The molecule has 1 aromatic rings. The van der Waals surface area contributed by atoms with Gasteiger partial charge in [0.15, 0.2) is 0 Å². The molecule has 1 aliphatic rings. The summed E-state index contributed by atoms with van der Waals surface area (Å²) >= 11 is 1.54. The van der Waals surface area contributed by atoms with Gasteiger partial charge in [-0.2, -0.15) is 0 Å².